The van der Waals surface area contributed by atoms with Crippen LogP contribution in [0.4, 0.5) is 5.69 Å². The monoisotopic (exact) mass is 340 g/mol. The van der Waals surface area contributed by atoms with E-state index in [9.17, 15) is 5.11 Å². The highest BCUT2D eigenvalue weighted by atomic mass is 16.5. The second-order valence-corrected chi connectivity index (χ2v) is 5.71. The lowest BCUT2D eigenvalue weighted by Gasteiger charge is -2.11. The number of aromatic hydroxyl groups is 1. The van der Waals surface area contributed by atoms with Crippen molar-refractivity contribution in [1.82, 2.24) is 4.98 Å². The molecule has 2 aromatic carbocycles. The van der Waals surface area contributed by atoms with Crippen LogP contribution in [0.5, 0.6) is 17.2 Å². The summed E-state index contributed by atoms with van der Waals surface area (Å²) < 4.78 is 16.0. The van der Waals surface area contributed by atoms with Crippen LogP contribution in [0.25, 0.3) is 22.7 Å². The van der Waals surface area contributed by atoms with Crippen LogP contribution in [-0.4, -0.2) is 38.4 Å². The summed E-state index contributed by atoms with van der Waals surface area (Å²) in [5.41, 5.74) is 3.45. The first-order valence-electron chi connectivity index (χ1n) is 7.72. The minimum Gasteiger partial charge on any atom is -0.502 e. The molecule has 1 N–H and O–H groups in total. The van der Waals surface area contributed by atoms with E-state index in [-0.39, 0.29) is 5.75 Å². The van der Waals surface area contributed by atoms with E-state index >= 15 is 0 Å². The Kier molecular flexibility index (Phi) is 4.52. The summed E-state index contributed by atoms with van der Waals surface area (Å²) in [5, 5.41) is 10.0. The number of hydrogen-bond acceptors (Lipinski definition) is 6. The van der Waals surface area contributed by atoms with Crippen LogP contribution in [0, 0.1) is 0 Å². The summed E-state index contributed by atoms with van der Waals surface area (Å²) in [5.74, 6) is 0.956. The van der Waals surface area contributed by atoms with Crippen molar-refractivity contribution >= 4 is 5.69 Å². The van der Waals surface area contributed by atoms with Gasteiger partial charge in [-0.2, -0.15) is 0 Å². The molecule has 0 amide bonds. The highest BCUT2D eigenvalue weighted by molar-refractivity contribution is 5.68. The van der Waals surface area contributed by atoms with Gasteiger partial charge in [0.15, 0.2) is 11.5 Å². The SMILES string of the molecule is COc1cc(-c2nc(-c3ccc(N(C)C)cc3)co2)cc(OC)c1O. The Morgan fingerprint density at radius 1 is 0.960 bits per heavy atom. The van der Waals surface area contributed by atoms with Gasteiger partial charge in [0.05, 0.1) is 14.2 Å². The van der Waals surface area contributed by atoms with Gasteiger partial charge in [0.25, 0.3) is 0 Å². The van der Waals surface area contributed by atoms with E-state index in [0.29, 0.717) is 23.0 Å². The average molecular weight is 340 g/mol. The minimum absolute atomic E-state index is 0.0557. The average Bonchev–Trinajstić information content (AvgIpc) is 3.12. The molecule has 0 bridgehead atoms. The fourth-order valence-electron chi connectivity index (χ4n) is 2.49. The van der Waals surface area contributed by atoms with E-state index in [2.05, 4.69) is 4.98 Å². The molecule has 0 aliphatic carbocycles. The van der Waals surface area contributed by atoms with Gasteiger partial charge in [-0.1, -0.05) is 12.1 Å². The van der Waals surface area contributed by atoms with Gasteiger partial charge in [0.1, 0.15) is 12.0 Å². The molecule has 6 nitrogen and oxygen atoms in total. The number of rotatable bonds is 5. The Bertz CT molecular complexity index is 844. The molecule has 0 atom stereocenters. The first-order valence-corrected chi connectivity index (χ1v) is 7.72. The van der Waals surface area contributed by atoms with E-state index in [0.717, 1.165) is 16.9 Å². The quantitative estimate of drug-likeness (QED) is 0.762. The van der Waals surface area contributed by atoms with Crippen molar-refractivity contribution in [3.05, 3.63) is 42.7 Å². The van der Waals surface area contributed by atoms with E-state index in [1.54, 1.807) is 18.4 Å². The molecule has 1 aromatic heterocycles. The van der Waals surface area contributed by atoms with Crippen LogP contribution in [0.2, 0.25) is 0 Å². The first kappa shape index (κ1) is 16.7. The molecule has 3 aromatic rings. The summed E-state index contributed by atoms with van der Waals surface area (Å²) in [6.45, 7) is 0. The van der Waals surface area contributed by atoms with Crippen molar-refractivity contribution in [2.24, 2.45) is 0 Å². The minimum atomic E-state index is -0.0557. The largest absolute Gasteiger partial charge is 0.502 e. The number of phenolic OH excluding ortho intramolecular Hbond substituents is 1. The fourth-order valence-corrected chi connectivity index (χ4v) is 2.49. The van der Waals surface area contributed by atoms with Gasteiger partial charge >= 0.3 is 0 Å². The van der Waals surface area contributed by atoms with Crippen molar-refractivity contribution in [1.29, 1.82) is 0 Å². The molecule has 1 heterocycles. The molecule has 0 saturated heterocycles. The highest BCUT2D eigenvalue weighted by Gasteiger charge is 2.16. The molecule has 6 heteroatoms. The number of phenols is 1. The molecule has 130 valence electrons. The Morgan fingerprint density at radius 2 is 1.56 bits per heavy atom. The van der Waals surface area contributed by atoms with E-state index < -0.39 is 0 Å². The Balaban J connectivity index is 1.96. The van der Waals surface area contributed by atoms with Crippen LogP contribution in [0.1, 0.15) is 0 Å². The third-order valence-corrected chi connectivity index (χ3v) is 3.91. The maximum atomic E-state index is 10.0. The van der Waals surface area contributed by atoms with Crippen LogP contribution in [0.3, 0.4) is 0 Å². The van der Waals surface area contributed by atoms with Crippen LogP contribution in [-0.2, 0) is 0 Å². The number of aromatic nitrogens is 1. The Hall–Kier alpha value is -3.15. The standard InChI is InChI=1S/C19H20N2O4/c1-21(2)14-7-5-12(6-8-14)15-11-25-19(20-15)13-9-16(23-3)18(22)17(10-13)24-4/h5-11,22H,1-4H3. The number of benzene rings is 2. The number of anilines is 1. The summed E-state index contributed by atoms with van der Waals surface area (Å²) in [7, 11) is 6.95. The normalized spacial score (nSPS) is 10.6. The lowest BCUT2D eigenvalue weighted by molar-refractivity contribution is 0.340. The Morgan fingerprint density at radius 3 is 2.08 bits per heavy atom. The third-order valence-electron chi connectivity index (χ3n) is 3.91. The van der Waals surface area contributed by atoms with Crippen LogP contribution in [0.15, 0.2) is 47.1 Å². The fraction of sp³-hybridized carbons (Fsp3) is 0.211. The summed E-state index contributed by atoms with van der Waals surface area (Å²) >= 11 is 0. The Labute approximate surface area is 146 Å². The second kappa shape index (κ2) is 6.76. The van der Waals surface area contributed by atoms with Gasteiger partial charge in [0.2, 0.25) is 11.6 Å². The van der Waals surface area contributed by atoms with Gasteiger partial charge in [-0.15, -0.1) is 0 Å². The lowest BCUT2D eigenvalue weighted by Crippen LogP contribution is -2.07. The second-order valence-electron chi connectivity index (χ2n) is 5.71. The smallest absolute Gasteiger partial charge is 0.226 e. The lowest BCUT2D eigenvalue weighted by atomic mass is 10.1. The highest BCUT2D eigenvalue weighted by Crippen LogP contribution is 2.40. The predicted molar refractivity (Wildman–Crippen MR) is 96.5 cm³/mol. The molecule has 0 saturated carbocycles. The van der Waals surface area contributed by atoms with Crippen molar-refractivity contribution in [2.45, 2.75) is 0 Å². The summed E-state index contributed by atoms with van der Waals surface area (Å²) in [6.07, 6.45) is 1.60. The molecule has 0 radical (unpaired) electrons. The van der Waals surface area contributed by atoms with Gasteiger partial charge in [0, 0.05) is 30.9 Å². The van der Waals surface area contributed by atoms with Crippen molar-refractivity contribution in [3.63, 3.8) is 0 Å². The number of oxazole rings is 1. The van der Waals surface area contributed by atoms with E-state index in [4.69, 9.17) is 13.9 Å². The zero-order valence-electron chi connectivity index (χ0n) is 14.6. The first-order chi connectivity index (χ1) is 12.0. The van der Waals surface area contributed by atoms with Crippen LogP contribution >= 0.6 is 0 Å². The number of hydrogen-bond donors (Lipinski definition) is 1. The molecule has 0 spiro atoms. The van der Waals surface area contributed by atoms with Crippen molar-refractivity contribution in [2.75, 3.05) is 33.2 Å². The van der Waals surface area contributed by atoms with Gasteiger partial charge < -0.3 is 23.9 Å². The zero-order chi connectivity index (χ0) is 18.0. The molecule has 0 aliphatic rings. The van der Waals surface area contributed by atoms with Gasteiger partial charge in [-0.05, 0) is 24.3 Å². The van der Waals surface area contributed by atoms with Crippen molar-refractivity contribution in [3.8, 4) is 40.0 Å². The van der Waals surface area contributed by atoms with E-state index in [1.165, 1.54) is 14.2 Å². The maximum absolute atomic E-state index is 10.0. The number of ether oxygens (including phenoxy) is 2. The molecular weight excluding hydrogens is 320 g/mol. The molecule has 3 rings (SSSR count). The van der Waals surface area contributed by atoms with Crippen LogP contribution < -0.4 is 14.4 Å². The molecule has 25 heavy (non-hydrogen) atoms. The molecular formula is C19H20N2O4. The number of methoxy groups -OCH3 is 2. The maximum Gasteiger partial charge on any atom is 0.226 e. The molecule has 0 unspecified atom stereocenters. The van der Waals surface area contributed by atoms with E-state index in [1.807, 2.05) is 43.3 Å². The zero-order valence-corrected chi connectivity index (χ0v) is 14.6. The summed E-state index contributed by atoms with van der Waals surface area (Å²) in [6, 6.07) is 11.3. The van der Waals surface area contributed by atoms with Gasteiger partial charge in [-0.25, -0.2) is 4.98 Å². The molecule has 0 aliphatic heterocycles. The number of nitrogens with zero attached hydrogens (tertiary/aromatic N) is 2. The van der Waals surface area contributed by atoms with Gasteiger partial charge in [-0.3, -0.25) is 0 Å². The topological polar surface area (TPSA) is 68.0 Å². The third kappa shape index (κ3) is 3.24. The molecule has 0 fully saturated rings. The summed E-state index contributed by atoms with van der Waals surface area (Å²) in [4.78, 5) is 6.57. The van der Waals surface area contributed by atoms with Crippen molar-refractivity contribution < 1.29 is 19.0 Å². The predicted octanol–water partition coefficient (Wildman–Crippen LogP) is 3.80.